The van der Waals surface area contributed by atoms with E-state index >= 15 is 0 Å². The molecule has 0 aliphatic carbocycles. The van der Waals surface area contributed by atoms with E-state index in [1.165, 1.54) is 0 Å². The molecular formula is C19H19N3O2. The first-order chi connectivity index (χ1) is 11.7. The highest BCUT2D eigenvalue weighted by Gasteiger charge is 2.07. The number of hydrogen-bond donors (Lipinski definition) is 2. The van der Waals surface area contributed by atoms with Crippen LogP contribution in [0.25, 0.3) is 10.8 Å². The number of aromatic nitrogens is 1. The Bertz CT molecular complexity index is 863. The highest BCUT2D eigenvalue weighted by Crippen LogP contribution is 2.24. The number of nitrogens with one attached hydrogen (secondary N) is 2. The molecule has 0 fully saturated rings. The third kappa shape index (κ3) is 3.63. The number of nitrogens with zero attached hydrogens (tertiary/aromatic N) is 1. The SMILES string of the molecule is CNc1cc2cc(NC(=O)OCc3ccccc3)ccc2c(C)n1. The smallest absolute Gasteiger partial charge is 0.411 e. The molecule has 3 rings (SSSR count). The van der Waals surface area contributed by atoms with Gasteiger partial charge in [0, 0.05) is 23.8 Å². The van der Waals surface area contributed by atoms with Crippen LogP contribution in [0.1, 0.15) is 11.3 Å². The summed E-state index contributed by atoms with van der Waals surface area (Å²) in [6.45, 7) is 2.21. The Balaban J connectivity index is 1.71. The molecule has 0 atom stereocenters. The third-order valence-corrected chi connectivity index (χ3v) is 3.74. The summed E-state index contributed by atoms with van der Waals surface area (Å²) in [5.74, 6) is 0.795. The largest absolute Gasteiger partial charge is 0.444 e. The Hall–Kier alpha value is -3.08. The predicted octanol–water partition coefficient (Wildman–Crippen LogP) is 4.33. The number of benzene rings is 2. The number of carbonyl (C=O) groups excluding carboxylic acids is 1. The number of aryl methyl sites for hydroxylation is 1. The summed E-state index contributed by atoms with van der Waals surface area (Å²) in [7, 11) is 1.83. The van der Waals surface area contributed by atoms with Crippen molar-refractivity contribution in [1.29, 1.82) is 0 Å². The monoisotopic (exact) mass is 321 g/mol. The molecule has 3 aromatic rings. The zero-order valence-corrected chi connectivity index (χ0v) is 13.7. The molecule has 2 N–H and O–H groups in total. The molecule has 0 aliphatic rings. The van der Waals surface area contributed by atoms with E-state index in [9.17, 15) is 4.79 Å². The quantitative estimate of drug-likeness (QED) is 0.750. The minimum absolute atomic E-state index is 0.243. The molecular weight excluding hydrogens is 302 g/mol. The van der Waals surface area contributed by atoms with E-state index in [2.05, 4.69) is 15.6 Å². The Morgan fingerprint density at radius 2 is 1.92 bits per heavy atom. The van der Waals surface area contributed by atoms with E-state index in [0.29, 0.717) is 5.69 Å². The number of carbonyl (C=O) groups is 1. The number of rotatable bonds is 4. The van der Waals surface area contributed by atoms with Crippen LogP contribution in [0.4, 0.5) is 16.3 Å². The van der Waals surface area contributed by atoms with Gasteiger partial charge in [0.1, 0.15) is 12.4 Å². The van der Waals surface area contributed by atoms with Gasteiger partial charge in [0.05, 0.1) is 0 Å². The number of anilines is 2. The zero-order chi connectivity index (χ0) is 16.9. The van der Waals surface area contributed by atoms with Crippen molar-refractivity contribution in [3.63, 3.8) is 0 Å². The summed E-state index contributed by atoms with van der Waals surface area (Å²) in [6.07, 6.45) is -0.474. The van der Waals surface area contributed by atoms with Crippen molar-refractivity contribution in [2.45, 2.75) is 13.5 Å². The molecule has 122 valence electrons. The van der Waals surface area contributed by atoms with Crippen molar-refractivity contribution >= 4 is 28.4 Å². The first-order valence-corrected chi connectivity index (χ1v) is 7.72. The first-order valence-electron chi connectivity index (χ1n) is 7.72. The van der Waals surface area contributed by atoms with E-state index in [0.717, 1.165) is 27.8 Å². The molecule has 0 radical (unpaired) electrons. The topological polar surface area (TPSA) is 63.2 Å². The fourth-order valence-electron chi connectivity index (χ4n) is 2.51. The van der Waals surface area contributed by atoms with E-state index in [1.807, 2.05) is 68.6 Å². The van der Waals surface area contributed by atoms with Crippen molar-refractivity contribution in [3.05, 3.63) is 65.9 Å². The van der Waals surface area contributed by atoms with Crippen molar-refractivity contribution in [1.82, 2.24) is 4.98 Å². The minimum atomic E-state index is -0.474. The van der Waals surface area contributed by atoms with Crippen LogP contribution in [0.3, 0.4) is 0 Å². The summed E-state index contributed by atoms with van der Waals surface area (Å²) >= 11 is 0. The molecule has 0 unspecified atom stereocenters. The van der Waals surface area contributed by atoms with Gasteiger partial charge in [-0.2, -0.15) is 0 Å². The average Bonchev–Trinajstić information content (AvgIpc) is 2.60. The maximum absolute atomic E-state index is 12.0. The lowest BCUT2D eigenvalue weighted by molar-refractivity contribution is 0.155. The fourth-order valence-corrected chi connectivity index (χ4v) is 2.51. The Morgan fingerprint density at radius 1 is 1.12 bits per heavy atom. The van der Waals surface area contributed by atoms with Gasteiger partial charge in [-0.15, -0.1) is 0 Å². The van der Waals surface area contributed by atoms with Gasteiger partial charge in [0.2, 0.25) is 0 Å². The number of hydrogen-bond acceptors (Lipinski definition) is 4. The lowest BCUT2D eigenvalue weighted by Gasteiger charge is -2.10. The molecule has 0 spiro atoms. The van der Waals surface area contributed by atoms with Crippen molar-refractivity contribution in [2.24, 2.45) is 0 Å². The molecule has 0 aliphatic heterocycles. The van der Waals surface area contributed by atoms with Crippen LogP contribution >= 0.6 is 0 Å². The number of amides is 1. The van der Waals surface area contributed by atoms with Gasteiger partial charge >= 0.3 is 6.09 Å². The molecule has 2 aromatic carbocycles. The second-order valence-electron chi connectivity index (χ2n) is 5.47. The highest BCUT2D eigenvalue weighted by atomic mass is 16.5. The molecule has 0 saturated heterocycles. The summed E-state index contributed by atoms with van der Waals surface area (Å²) in [6, 6.07) is 17.2. The number of fused-ring (bicyclic) bond motifs is 1. The van der Waals surface area contributed by atoms with Gasteiger partial charge in [0.25, 0.3) is 0 Å². The highest BCUT2D eigenvalue weighted by molar-refractivity contribution is 5.93. The molecule has 1 heterocycles. The Labute approximate surface area is 140 Å². The summed E-state index contributed by atoms with van der Waals surface area (Å²) < 4.78 is 5.24. The molecule has 5 nitrogen and oxygen atoms in total. The second kappa shape index (κ2) is 7.00. The number of pyridine rings is 1. The molecule has 0 saturated carbocycles. The van der Waals surface area contributed by atoms with Crippen molar-refractivity contribution in [2.75, 3.05) is 17.7 Å². The summed E-state index contributed by atoms with van der Waals surface area (Å²) in [4.78, 5) is 16.4. The second-order valence-corrected chi connectivity index (χ2v) is 5.47. The lowest BCUT2D eigenvalue weighted by Crippen LogP contribution is -2.13. The van der Waals surface area contributed by atoms with Crippen LogP contribution in [0, 0.1) is 6.92 Å². The first kappa shape index (κ1) is 15.8. The normalized spacial score (nSPS) is 10.4. The van der Waals surface area contributed by atoms with E-state index in [4.69, 9.17) is 4.74 Å². The van der Waals surface area contributed by atoms with Crippen LogP contribution in [-0.4, -0.2) is 18.1 Å². The summed E-state index contributed by atoms with van der Waals surface area (Å²) in [5, 5.41) is 7.85. The predicted molar refractivity (Wildman–Crippen MR) is 96.3 cm³/mol. The third-order valence-electron chi connectivity index (χ3n) is 3.74. The van der Waals surface area contributed by atoms with Gasteiger partial charge < -0.3 is 10.1 Å². The molecule has 1 aromatic heterocycles. The molecule has 5 heteroatoms. The van der Waals surface area contributed by atoms with E-state index < -0.39 is 6.09 Å². The van der Waals surface area contributed by atoms with Crippen LogP contribution in [0.2, 0.25) is 0 Å². The van der Waals surface area contributed by atoms with Gasteiger partial charge in [0.15, 0.2) is 0 Å². The van der Waals surface area contributed by atoms with E-state index in [1.54, 1.807) is 0 Å². The van der Waals surface area contributed by atoms with Gasteiger partial charge in [-0.05, 0) is 36.1 Å². The standard InChI is InChI=1S/C19H19N3O2/c1-13-17-9-8-16(10-15(17)11-18(20-2)21-13)22-19(23)24-12-14-6-4-3-5-7-14/h3-11H,12H2,1-2H3,(H,20,21)(H,22,23). The molecule has 24 heavy (non-hydrogen) atoms. The lowest BCUT2D eigenvalue weighted by atomic mass is 10.1. The molecule has 0 bridgehead atoms. The maximum atomic E-state index is 12.0. The zero-order valence-electron chi connectivity index (χ0n) is 13.7. The van der Waals surface area contributed by atoms with Gasteiger partial charge in [-0.25, -0.2) is 9.78 Å². The average molecular weight is 321 g/mol. The van der Waals surface area contributed by atoms with Crippen LogP contribution < -0.4 is 10.6 Å². The maximum Gasteiger partial charge on any atom is 0.411 e. The van der Waals surface area contributed by atoms with Crippen molar-refractivity contribution < 1.29 is 9.53 Å². The van der Waals surface area contributed by atoms with E-state index in [-0.39, 0.29) is 6.61 Å². The van der Waals surface area contributed by atoms with Crippen LogP contribution in [0.15, 0.2) is 54.6 Å². The summed E-state index contributed by atoms with van der Waals surface area (Å²) in [5.41, 5.74) is 2.58. The van der Waals surface area contributed by atoms with Gasteiger partial charge in [-0.1, -0.05) is 36.4 Å². The van der Waals surface area contributed by atoms with Crippen LogP contribution in [-0.2, 0) is 11.3 Å². The number of ether oxygens (including phenoxy) is 1. The van der Waals surface area contributed by atoms with Crippen LogP contribution in [0.5, 0.6) is 0 Å². The minimum Gasteiger partial charge on any atom is -0.444 e. The fraction of sp³-hybridized carbons (Fsp3) is 0.158. The molecule has 1 amide bonds. The Morgan fingerprint density at radius 3 is 2.67 bits per heavy atom. The van der Waals surface area contributed by atoms with Crippen molar-refractivity contribution in [3.8, 4) is 0 Å². The Kier molecular flexibility index (Phi) is 4.61. The van der Waals surface area contributed by atoms with Gasteiger partial charge in [-0.3, -0.25) is 5.32 Å².